The van der Waals surface area contributed by atoms with E-state index in [1.807, 2.05) is 60.7 Å². The molecular weight excluding hydrogens is 444 g/mol. The van der Waals surface area contributed by atoms with Crippen molar-refractivity contribution >= 4 is 33.3 Å². The van der Waals surface area contributed by atoms with Gasteiger partial charge in [-0.15, -0.1) is 11.3 Å². The lowest BCUT2D eigenvalue weighted by atomic mass is 10.1. The number of nitrogens with zero attached hydrogens (tertiary/aromatic N) is 2. The zero-order valence-corrected chi connectivity index (χ0v) is 18.9. The Bertz CT molecular complexity index is 1270. The average Bonchev–Trinajstić information content (AvgIpc) is 3.28. The largest absolute Gasteiger partial charge is 0.488 e. The van der Waals surface area contributed by atoms with Gasteiger partial charge in [-0.05, 0) is 29.8 Å². The maximum absolute atomic E-state index is 13.1. The third kappa shape index (κ3) is 4.09. The van der Waals surface area contributed by atoms with Gasteiger partial charge in [0, 0.05) is 47.6 Å². The second-order valence-electron chi connectivity index (χ2n) is 7.70. The second kappa shape index (κ2) is 8.54. The molecular formula is C24H22N2O4S2. The molecule has 2 aliphatic rings. The molecule has 3 heterocycles. The van der Waals surface area contributed by atoms with Crippen LogP contribution in [0.2, 0.25) is 0 Å². The molecule has 2 aliphatic heterocycles. The third-order valence-corrected chi connectivity index (χ3v) is 8.42. The number of piperazine rings is 1. The molecule has 0 bridgehead atoms. The van der Waals surface area contributed by atoms with Gasteiger partial charge in [0.05, 0.1) is 4.88 Å². The molecule has 0 unspecified atom stereocenters. The minimum absolute atomic E-state index is 0.0567. The zero-order chi connectivity index (χ0) is 22.1. The Morgan fingerprint density at radius 1 is 0.969 bits per heavy atom. The molecule has 5 rings (SSSR count). The average molecular weight is 467 g/mol. The first-order valence-electron chi connectivity index (χ1n) is 10.4. The van der Waals surface area contributed by atoms with Gasteiger partial charge in [-0.2, -0.15) is 4.31 Å². The Kier molecular flexibility index (Phi) is 5.58. The molecule has 0 radical (unpaired) electrons. The topological polar surface area (TPSA) is 66.9 Å². The van der Waals surface area contributed by atoms with E-state index < -0.39 is 10.0 Å². The van der Waals surface area contributed by atoms with Crippen molar-refractivity contribution in [3.8, 4) is 16.2 Å². The molecule has 2 aromatic carbocycles. The van der Waals surface area contributed by atoms with Crippen LogP contribution >= 0.6 is 11.3 Å². The molecule has 0 spiro atoms. The highest BCUT2D eigenvalue weighted by Crippen LogP contribution is 2.42. The fourth-order valence-electron chi connectivity index (χ4n) is 3.92. The maximum Gasteiger partial charge on any atom is 0.264 e. The standard InChI is InChI=1S/C24H22N2O4S2/c27-24(22-16-19-17-30-21-9-5-4-8-20(21)23(19)31-22)25-11-13-26(14-12-25)32(28,29)15-10-18-6-2-1-3-7-18/h1-10,15-16H,11-14,17H2/b15-10+. The highest BCUT2D eigenvalue weighted by atomic mass is 32.2. The fraction of sp³-hybridized carbons (Fsp3) is 0.208. The number of fused-ring (bicyclic) bond motifs is 3. The minimum Gasteiger partial charge on any atom is -0.488 e. The van der Waals surface area contributed by atoms with Crippen LogP contribution in [0.15, 0.2) is 66.1 Å². The van der Waals surface area contributed by atoms with E-state index in [-0.39, 0.29) is 19.0 Å². The van der Waals surface area contributed by atoms with Crippen LogP contribution < -0.4 is 4.74 Å². The fourth-order valence-corrected chi connectivity index (χ4v) is 6.26. The number of ether oxygens (including phenoxy) is 1. The lowest BCUT2D eigenvalue weighted by molar-refractivity contribution is 0.0703. The summed E-state index contributed by atoms with van der Waals surface area (Å²) in [6.07, 6.45) is 1.60. The number of benzene rings is 2. The van der Waals surface area contributed by atoms with Gasteiger partial charge in [0.15, 0.2) is 0 Å². The van der Waals surface area contributed by atoms with E-state index in [0.717, 1.165) is 27.3 Å². The Morgan fingerprint density at radius 2 is 1.69 bits per heavy atom. The van der Waals surface area contributed by atoms with Gasteiger partial charge < -0.3 is 9.64 Å². The smallest absolute Gasteiger partial charge is 0.264 e. The predicted molar refractivity (Wildman–Crippen MR) is 126 cm³/mol. The van der Waals surface area contributed by atoms with Gasteiger partial charge in [-0.3, -0.25) is 4.79 Å². The number of sulfonamides is 1. The first-order valence-corrected chi connectivity index (χ1v) is 12.7. The summed E-state index contributed by atoms with van der Waals surface area (Å²) >= 11 is 1.48. The van der Waals surface area contributed by atoms with Crippen LogP contribution in [-0.4, -0.2) is 49.7 Å². The van der Waals surface area contributed by atoms with E-state index in [4.69, 9.17) is 4.74 Å². The summed E-state index contributed by atoms with van der Waals surface area (Å²) in [5.41, 5.74) is 2.86. The van der Waals surface area contributed by atoms with E-state index in [0.29, 0.717) is 24.6 Å². The maximum atomic E-state index is 13.1. The van der Waals surface area contributed by atoms with Crippen LogP contribution in [0.3, 0.4) is 0 Å². The number of carbonyl (C=O) groups is 1. The lowest BCUT2D eigenvalue weighted by Crippen LogP contribution is -2.49. The number of para-hydroxylation sites is 1. The summed E-state index contributed by atoms with van der Waals surface area (Å²) in [6, 6.07) is 19.1. The van der Waals surface area contributed by atoms with Crippen molar-refractivity contribution < 1.29 is 17.9 Å². The quantitative estimate of drug-likeness (QED) is 0.582. The molecule has 1 amide bonds. The van der Waals surface area contributed by atoms with E-state index in [2.05, 4.69) is 0 Å². The molecule has 6 nitrogen and oxygen atoms in total. The highest BCUT2D eigenvalue weighted by molar-refractivity contribution is 7.92. The molecule has 0 N–H and O–H groups in total. The number of rotatable bonds is 4. The summed E-state index contributed by atoms with van der Waals surface area (Å²) in [5, 5.41) is 1.24. The summed E-state index contributed by atoms with van der Waals surface area (Å²) < 4.78 is 32.6. The summed E-state index contributed by atoms with van der Waals surface area (Å²) in [5.74, 6) is 0.780. The van der Waals surface area contributed by atoms with Crippen molar-refractivity contribution in [3.63, 3.8) is 0 Å². The first kappa shape index (κ1) is 20.9. The molecule has 164 valence electrons. The van der Waals surface area contributed by atoms with Gasteiger partial charge in [-0.1, -0.05) is 42.5 Å². The highest BCUT2D eigenvalue weighted by Gasteiger charge is 2.30. The van der Waals surface area contributed by atoms with Crippen LogP contribution in [0.5, 0.6) is 5.75 Å². The Labute approximate surface area is 191 Å². The summed E-state index contributed by atoms with van der Waals surface area (Å²) in [4.78, 5) is 16.6. The molecule has 0 atom stereocenters. The Hall–Kier alpha value is -2.94. The molecule has 1 saturated heterocycles. The van der Waals surface area contributed by atoms with E-state index in [1.165, 1.54) is 21.1 Å². The van der Waals surface area contributed by atoms with Crippen molar-refractivity contribution in [1.29, 1.82) is 0 Å². The minimum atomic E-state index is -3.53. The molecule has 3 aromatic rings. The second-order valence-corrected chi connectivity index (χ2v) is 10.6. The number of hydrogen-bond acceptors (Lipinski definition) is 5. The molecule has 8 heteroatoms. The van der Waals surface area contributed by atoms with Gasteiger partial charge in [0.2, 0.25) is 10.0 Å². The molecule has 1 fully saturated rings. The van der Waals surface area contributed by atoms with Crippen LogP contribution in [0.1, 0.15) is 20.8 Å². The number of thiophene rings is 1. The number of amides is 1. The Balaban J connectivity index is 1.26. The van der Waals surface area contributed by atoms with Crippen LogP contribution in [0, 0.1) is 0 Å². The van der Waals surface area contributed by atoms with Crippen molar-refractivity contribution in [2.45, 2.75) is 6.61 Å². The van der Waals surface area contributed by atoms with Gasteiger partial charge in [0.25, 0.3) is 5.91 Å². The van der Waals surface area contributed by atoms with Crippen molar-refractivity contribution in [2.24, 2.45) is 0 Å². The Morgan fingerprint density at radius 3 is 2.47 bits per heavy atom. The van der Waals surface area contributed by atoms with E-state index in [9.17, 15) is 13.2 Å². The van der Waals surface area contributed by atoms with Crippen molar-refractivity contribution in [2.75, 3.05) is 26.2 Å². The summed E-state index contributed by atoms with van der Waals surface area (Å²) in [7, 11) is -3.53. The predicted octanol–water partition coefficient (Wildman–Crippen LogP) is 4.07. The third-order valence-electron chi connectivity index (χ3n) is 5.65. The SMILES string of the molecule is O=C(c1cc2c(s1)-c1ccccc1OC2)N1CCN(S(=O)(=O)/C=C/c2ccccc2)CC1. The first-order chi connectivity index (χ1) is 15.5. The molecule has 0 aliphatic carbocycles. The van der Waals surface area contributed by atoms with Crippen LogP contribution in [0.4, 0.5) is 0 Å². The van der Waals surface area contributed by atoms with Crippen molar-refractivity contribution in [1.82, 2.24) is 9.21 Å². The van der Waals surface area contributed by atoms with Gasteiger partial charge in [-0.25, -0.2) is 8.42 Å². The summed E-state index contributed by atoms with van der Waals surface area (Å²) in [6.45, 7) is 1.75. The van der Waals surface area contributed by atoms with Crippen LogP contribution in [-0.2, 0) is 16.6 Å². The van der Waals surface area contributed by atoms with Gasteiger partial charge in [0.1, 0.15) is 12.4 Å². The zero-order valence-electron chi connectivity index (χ0n) is 17.3. The normalized spacial score (nSPS) is 16.4. The van der Waals surface area contributed by atoms with Gasteiger partial charge >= 0.3 is 0 Å². The number of hydrogen-bond donors (Lipinski definition) is 0. The molecule has 32 heavy (non-hydrogen) atoms. The van der Waals surface area contributed by atoms with E-state index >= 15 is 0 Å². The number of carbonyl (C=O) groups excluding carboxylic acids is 1. The molecule has 0 saturated carbocycles. The van der Waals surface area contributed by atoms with Crippen LogP contribution in [0.25, 0.3) is 16.5 Å². The van der Waals surface area contributed by atoms with E-state index in [1.54, 1.807) is 11.0 Å². The van der Waals surface area contributed by atoms with Crippen molar-refractivity contribution in [3.05, 3.63) is 82.1 Å². The lowest BCUT2D eigenvalue weighted by Gasteiger charge is -2.33. The molecule has 1 aromatic heterocycles. The monoisotopic (exact) mass is 466 g/mol.